The molecule has 4 heteroatoms. The van der Waals surface area contributed by atoms with Crippen LogP contribution in [-0.2, 0) is 13.0 Å². The Kier molecular flexibility index (Phi) is 5.05. The number of hydrogen-bond donors (Lipinski definition) is 2. The second-order valence-electron chi connectivity index (χ2n) is 4.88. The van der Waals surface area contributed by atoms with Gasteiger partial charge in [0.2, 0.25) is 0 Å². The van der Waals surface area contributed by atoms with Crippen molar-refractivity contribution in [1.82, 2.24) is 10.6 Å². The molecular weight excluding hydrogens is 244 g/mol. The average Bonchev–Trinajstić information content (AvgIpc) is 2.85. The van der Waals surface area contributed by atoms with E-state index in [1.54, 1.807) is 11.3 Å². The zero-order valence-electron chi connectivity index (χ0n) is 11.0. The molecular formula is C14H22N2OS. The zero-order chi connectivity index (χ0) is 12.8. The number of amides is 2. The maximum absolute atomic E-state index is 11.7. The van der Waals surface area contributed by atoms with E-state index in [1.165, 1.54) is 29.0 Å². The number of aryl methyl sites for hydroxylation is 1. The van der Waals surface area contributed by atoms with Crippen molar-refractivity contribution in [2.75, 3.05) is 0 Å². The largest absolute Gasteiger partial charge is 0.335 e. The van der Waals surface area contributed by atoms with Crippen molar-refractivity contribution in [2.24, 2.45) is 0 Å². The maximum Gasteiger partial charge on any atom is 0.315 e. The lowest BCUT2D eigenvalue weighted by molar-refractivity contribution is 0.232. The smallest absolute Gasteiger partial charge is 0.315 e. The van der Waals surface area contributed by atoms with Gasteiger partial charge in [-0.3, -0.25) is 0 Å². The van der Waals surface area contributed by atoms with Crippen LogP contribution in [0.3, 0.4) is 0 Å². The van der Waals surface area contributed by atoms with Gasteiger partial charge in [-0.1, -0.05) is 26.2 Å². The second kappa shape index (κ2) is 6.78. The first-order valence-electron chi connectivity index (χ1n) is 6.90. The fourth-order valence-corrected chi connectivity index (χ4v) is 3.26. The normalized spacial score (nSPS) is 16.5. The first kappa shape index (κ1) is 13.4. The zero-order valence-corrected chi connectivity index (χ0v) is 11.8. The Bertz CT molecular complexity index is 383. The lowest BCUT2D eigenvalue weighted by Gasteiger charge is -2.22. The highest BCUT2D eigenvalue weighted by atomic mass is 32.1. The van der Waals surface area contributed by atoms with E-state index < -0.39 is 0 Å². The van der Waals surface area contributed by atoms with Gasteiger partial charge in [0.05, 0.1) is 6.54 Å². The summed E-state index contributed by atoms with van der Waals surface area (Å²) >= 11 is 1.78. The molecule has 1 aromatic heterocycles. The number of carbonyl (C=O) groups is 1. The van der Waals surface area contributed by atoms with E-state index in [1.807, 2.05) is 0 Å². The van der Waals surface area contributed by atoms with E-state index in [4.69, 9.17) is 0 Å². The highest BCUT2D eigenvalue weighted by molar-refractivity contribution is 7.11. The molecule has 1 fully saturated rings. The molecule has 0 spiro atoms. The fraction of sp³-hybridized carbons (Fsp3) is 0.643. The first-order chi connectivity index (χ1) is 8.78. The summed E-state index contributed by atoms with van der Waals surface area (Å²) in [4.78, 5) is 14.3. The molecule has 0 aliphatic heterocycles. The molecule has 18 heavy (non-hydrogen) atoms. The third-order valence-corrected chi connectivity index (χ3v) is 4.66. The van der Waals surface area contributed by atoms with Crippen molar-refractivity contribution < 1.29 is 4.79 Å². The summed E-state index contributed by atoms with van der Waals surface area (Å²) in [6, 6.07) is 4.60. The van der Waals surface area contributed by atoms with Gasteiger partial charge in [0.15, 0.2) is 0 Å². The number of urea groups is 1. The van der Waals surface area contributed by atoms with Crippen LogP contribution in [0.25, 0.3) is 0 Å². The molecule has 0 bridgehead atoms. The molecule has 0 unspecified atom stereocenters. The Morgan fingerprint density at radius 2 is 2.00 bits per heavy atom. The second-order valence-corrected chi connectivity index (χ2v) is 6.14. The van der Waals surface area contributed by atoms with E-state index >= 15 is 0 Å². The highest BCUT2D eigenvalue weighted by Gasteiger charge is 2.15. The molecule has 0 radical (unpaired) electrons. The van der Waals surface area contributed by atoms with E-state index in [2.05, 4.69) is 29.7 Å². The summed E-state index contributed by atoms with van der Waals surface area (Å²) in [7, 11) is 0. The molecule has 1 saturated carbocycles. The van der Waals surface area contributed by atoms with Crippen LogP contribution in [0.2, 0.25) is 0 Å². The number of rotatable bonds is 4. The third kappa shape index (κ3) is 4.02. The van der Waals surface area contributed by atoms with Gasteiger partial charge in [-0.05, 0) is 31.4 Å². The number of hydrogen-bond acceptors (Lipinski definition) is 2. The molecule has 1 heterocycles. The van der Waals surface area contributed by atoms with Gasteiger partial charge in [0.25, 0.3) is 0 Å². The van der Waals surface area contributed by atoms with Crippen LogP contribution >= 0.6 is 11.3 Å². The summed E-state index contributed by atoms with van der Waals surface area (Å²) in [5.74, 6) is 0. The average molecular weight is 266 g/mol. The molecule has 1 aliphatic rings. The summed E-state index contributed by atoms with van der Waals surface area (Å²) in [5.41, 5.74) is 0. The van der Waals surface area contributed by atoms with Crippen molar-refractivity contribution >= 4 is 17.4 Å². The maximum atomic E-state index is 11.7. The van der Waals surface area contributed by atoms with E-state index in [9.17, 15) is 4.79 Å². The van der Waals surface area contributed by atoms with Crippen LogP contribution in [0.5, 0.6) is 0 Å². The van der Waals surface area contributed by atoms with Crippen LogP contribution in [0.1, 0.15) is 48.8 Å². The van der Waals surface area contributed by atoms with Gasteiger partial charge in [0.1, 0.15) is 0 Å². The SMILES string of the molecule is CCc1ccc(CNC(=O)NC2CCCCC2)s1. The Labute approximate surface area is 113 Å². The van der Waals surface area contributed by atoms with Gasteiger partial charge < -0.3 is 10.6 Å². The van der Waals surface area contributed by atoms with Gasteiger partial charge in [-0.25, -0.2) is 4.79 Å². The highest BCUT2D eigenvalue weighted by Crippen LogP contribution is 2.18. The molecule has 2 amide bonds. The molecule has 3 nitrogen and oxygen atoms in total. The molecule has 0 saturated heterocycles. The summed E-state index contributed by atoms with van der Waals surface area (Å²) in [5, 5.41) is 6.01. The lowest BCUT2D eigenvalue weighted by Crippen LogP contribution is -2.42. The van der Waals surface area contributed by atoms with E-state index in [0.717, 1.165) is 19.3 Å². The van der Waals surface area contributed by atoms with Gasteiger partial charge in [0, 0.05) is 15.8 Å². The molecule has 100 valence electrons. The minimum Gasteiger partial charge on any atom is -0.335 e. The van der Waals surface area contributed by atoms with Crippen LogP contribution in [0.4, 0.5) is 4.79 Å². The van der Waals surface area contributed by atoms with Gasteiger partial charge >= 0.3 is 6.03 Å². The predicted octanol–water partition coefficient (Wildman–Crippen LogP) is 3.44. The monoisotopic (exact) mass is 266 g/mol. The van der Waals surface area contributed by atoms with E-state index in [0.29, 0.717) is 12.6 Å². The van der Waals surface area contributed by atoms with Crippen molar-refractivity contribution in [1.29, 1.82) is 0 Å². The number of thiophene rings is 1. The quantitative estimate of drug-likeness (QED) is 0.861. The first-order valence-corrected chi connectivity index (χ1v) is 7.71. The van der Waals surface area contributed by atoms with Crippen LogP contribution in [0, 0.1) is 0 Å². The molecule has 1 aromatic rings. The van der Waals surface area contributed by atoms with Gasteiger partial charge in [-0.15, -0.1) is 11.3 Å². The summed E-state index contributed by atoms with van der Waals surface area (Å²) in [6.45, 7) is 2.79. The van der Waals surface area contributed by atoms with Crippen LogP contribution in [0.15, 0.2) is 12.1 Å². The van der Waals surface area contributed by atoms with E-state index in [-0.39, 0.29) is 6.03 Å². The topological polar surface area (TPSA) is 41.1 Å². The van der Waals surface area contributed by atoms with Gasteiger partial charge in [-0.2, -0.15) is 0 Å². The Balaban J connectivity index is 1.70. The Morgan fingerprint density at radius 1 is 1.28 bits per heavy atom. The Hall–Kier alpha value is -1.03. The third-order valence-electron chi connectivity index (χ3n) is 3.43. The van der Waals surface area contributed by atoms with Crippen LogP contribution < -0.4 is 10.6 Å². The molecule has 0 atom stereocenters. The van der Waals surface area contributed by atoms with Crippen molar-refractivity contribution in [3.63, 3.8) is 0 Å². The molecule has 0 aromatic carbocycles. The lowest BCUT2D eigenvalue weighted by atomic mass is 9.96. The van der Waals surface area contributed by atoms with Crippen molar-refractivity contribution in [2.45, 2.75) is 58.0 Å². The number of nitrogens with one attached hydrogen (secondary N) is 2. The number of carbonyl (C=O) groups excluding carboxylic acids is 1. The predicted molar refractivity (Wildman–Crippen MR) is 75.9 cm³/mol. The fourth-order valence-electron chi connectivity index (χ4n) is 2.36. The molecule has 2 rings (SSSR count). The van der Waals surface area contributed by atoms with Crippen molar-refractivity contribution in [3.8, 4) is 0 Å². The molecule has 1 aliphatic carbocycles. The summed E-state index contributed by atoms with van der Waals surface area (Å²) in [6.07, 6.45) is 7.14. The Morgan fingerprint density at radius 3 is 2.67 bits per heavy atom. The molecule has 2 N–H and O–H groups in total. The minimum atomic E-state index is -0.0200. The van der Waals surface area contributed by atoms with Crippen LogP contribution in [-0.4, -0.2) is 12.1 Å². The summed E-state index contributed by atoms with van der Waals surface area (Å²) < 4.78 is 0. The minimum absolute atomic E-state index is 0.0200. The van der Waals surface area contributed by atoms with Crippen molar-refractivity contribution in [3.05, 3.63) is 21.9 Å². The standard InChI is InChI=1S/C14H22N2OS/c1-2-12-8-9-13(18-12)10-15-14(17)16-11-6-4-3-5-7-11/h8-9,11H,2-7,10H2,1H3,(H2,15,16,17).